The van der Waals surface area contributed by atoms with E-state index in [2.05, 4.69) is 46.4 Å². The number of allylic oxidation sites excluding steroid dienone is 4. The monoisotopic (exact) mass is 384 g/mol. The SMILES string of the molecule is C=C1CC[C@@H](O)C/C1=C\C=C1\CCC[C@@]2(C)[C@H]1CC[C@H]2[C@H](C)CCCC(C)C. The van der Waals surface area contributed by atoms with Crippen molar-refractivity contribution in [3.8, 4) is 0 Å². The van der Waals surface area contributed by atoms with Gasteiger partial charge in [-0.2, -0.15) is 0 Å². The lowest BCUT2D eigenvalue weighted by molar-refractivity contribution is 0.0929. The summed E-state index contributed by atoms with van der Waals surface area (Å²) >= 11 is 0. The van der Waals surface area contributed by atoms with E-state index in [-0.39, 0.29) is 6.10 Å². The van der Waals surface area contributed by atoms with Gasteiger partial charge in [-0.1, -0.05) is 76.8 Å². The van der Waals surface area contributed by atoms with Gasteiger partial charge in [0.15, 0.2) is 0 Å². The molecule has 3 saturated carbocycles. The van der Waals surface area contributed by atoms with Crippen LogP contribution in [-0.2, 0) is 0 Å². The van der Waals surface area contributed by atoms with Gasteiger partial charge in [0, 0.05) is 0 Å². The third kappa shape index (κ3) is 4.84. The van der Waals surface area contributed by atoms with E-state index in [0.29, 0.717) is 5.41 Å². The standard InChI is InChI=1S/C27H44O/c1-19(2)8-6-9-21(4)25-15-16-26-22(10-7-17-27(25,26)5)12-13-23-18-24(28)14-11-20(23)3/h12-13,19,21,24-26,28H,3,6-11,14-18H2,1-2,4-5H3/b22-12-,23-13+/t21-,24-,25+,26+,27-/m1/s1. The zero-order chi connectivity index (χ0) is 20.3. The summed E-state index contributed by atoms with van der Waals surface area (Å²) in [6.07, 6.45) is 18.2. The highest BCUT2D eigenvalue weighted by Crippen LogP contribution is 2.59. The van der Waals surface area contributed by atoms with E-state index in [1.54, 1.807) is 5.57 Å². The van der Waals surface area contributed by atoms with E-state index in [0.717, 1.165) is 42.9 Å². The number of hydrogen-bond acceptors (Lipinski definition) is 1. The molecule has 0 aliphatic heterocycles. The third-order valence-electron chi connectivity index (χ3n) is 8.35. The molecule has 158 valence electrons. The largest absolute Gasteiger partial charge is 0.393 e. The first-order chi connectivity index (χ1) is 13.3. The van der Waals surface area contributed by atoms with Crippen molar-refractivity contribution < 1.29 is 5.11 Å². The maximum Gasteiger partial charge on any atom is 0.0583 e. The Morgan fingerprint density at radius 3 is 2.64 bits per heavy atom. The second-order valence-electron chi connectivity index (χ2n) is 10.8. The Labute approximate surface area is 174 Å². The van der Waals surface area contributed by atoms with E-state index in [1.165, 1.54) is 62.5 Å². The Hall–Kier alpha value is -0.820. The first kappa shape index (κ1) is 21.9. The van der Waals surface area contributed by atoms with Gasteiger partial charge in [0.25, 0.3) is 0 Å². The Morgan fingerprint density at radius 1 is 1.11 bits per heavy atom. The summed E-state index contributed by atoms with van der Waals surface area (Å²) in [4.78, 5) is 0. The molecule has 28 heavy (non-hydrogen) atoms. The maximum absolute atomic E-state index is 10.0. The molecule has 0 aromatic carbocycles. The van der Waals surface area contributed by atoms with Crippen molar-refractivity contribution in [1.29, 1.82) is 0 Å². The quantitative estimate of drug-likeness (QED) is 0.499. The molecule has 5 atom stereocenters. The van der Waals surface area contributed by atoms with Crippen LogP contribution in [0, 0.1) is 29.1 Å². The van der Waals surface area contributed by atoms with Gasteiger partial charge in [-0.25, -0.2) is 0 Å². The first-order valence-corrected chi connectivity index (χ1v) is 12.1. The van der Waals surface area contributed by atoms with Crippen molar-refractivity contribution >= 4 is 0 Å². The van der Waals surface area contributed by atoms with Crippen molar-refractivity contribution in [3.05, 3.63) is 35.5 Å². The second-order valence-corrected chi connectivity index (χ2v) is 10.8. The van der Waals surface area contributed by atoms with Gasteiger partial charge in [0.2, 0.25) is 0 Å². The Balaban J connectivity index is 1.70. The van der Waals surface area contributed by atoms with Gasteiger partial charge in [-0.05, 0) is 86.0 Å². The summed E-state index contributed by atoms with van der Waals surface area (Å²) in [7, 11) is 0. The minimum atomic E-state index is -0.172. The smallest absolute Gasteiger partial charge is 0.0583 e. The van der Waals surface area contributed by atoms with Crippen LogP contribution in [0.4, 0.5) is 0 Å². The zero-order valence-corrected chi connectivity index (χ0v) is 19.0. The summed E-state index contributed by atoms with van der Waals surface area (Å²) in [5, 5.41) is 10.0. The van der Waals surface area contributed by atoms with Crippen molar-refractivity contribution in [2.75, 3.05) is 0 Å². The molecule has 1 nitrogen and oxygen atoms in total. The Morgan fingerprint density at radius 2 is 1.89 bits per heavy atom. The van der Waals surface area contributed by atoms with Crippen molar-refractivity contribution in [1.82, 2.24) is 0 Å². The van der Waals surface area contributed by atoms with E-state index in [4.69, 9.17) is 0 Å². The van der Waals surface area contributed by atoms with Crippen LogP contribution >= 0.6 is 0 Å². The highest BCUT2D eigenvalue weighted by atomic mass is 16.3. The fourth-order valence-electron chi connectivity index (χ4n) is 6.66. The number of aliphatic hydroxyl groups is 1. The molecule has 0 aromatic rings. The highest BCUT2D eigenvalue weighted by Gasteiger charge is 2.50. The minimum absolute atomic E-state index is 0.172. The van der Waals surface area contributed by atoms with Crippen LogP contribution in [0.25, 0.3) is 0 Å². The Bertz CT molecular complexity index is 610. The number of aliphatic hydroxyl groups excluding tert-OH is 1. The summed E-state index contributed by atoms with van der Waals surface area (Å²) < 4.78 is 0. The van der Waals surface area contributed by atoms with E-state index in [1.807, 2.05) is 0 Å². The van der Waals surface area contributed by atoms with Crippen molar-refractivity contribution in [2.45, 2.75) is 104 Å². The predicted molar refractivity (Wildman–Crippen MR) is 121 cm³/mol. The van der Waals surface area contributed by atoms with Gasteiger partial charge in [-0.15, -0.1) is 0 Å². The molecule has 0 aromatic heterocycles. The molecule has 0 bridgehead atoms. The average Bonchev–Trinajstić information content (AvgIpc) is 2.99. The third-order valence-corrected chi connectivity index (χ3v) is 8.35. The molecular formula is C27H44O. The summed E-state index contributed by atoms with van der Waals surface area (Å²) in [6, 6.07) is 0. The van der Waals surface area contributed by atoms with Crippen LogP contribution in [0.3, 0.4) is 0 Å². The van der Waals surface area contributed by atoms with Crippen LogP contribution < -0.4 is 0 Å². The summed E-state index contributed by atoms with van der Waals surface area (Å²) in [6.45, 7) is 14.1. The van der Waals surface area contributed by atoms with E-state index in [9.17, 15) is 5.11 Å². The molecular weight excluding hydrogens is 340 g/mol. The molecule has 3 aliphatic carbocycles. The second kappa shape index (κ2) is 9.33. The van der Waals surface area contributed by atoms with Crippen LogP contribution in [-0.4, -0.2) is 11.2 Å². The lowest BCUT2D eigenvalue weighted by Crippen LogP contribution is -2.36. The fourth-order valence-corrected chi connectivity index (χ4v) is 6.66. The maximum atomic E-state index is 10.0. The van der Waals surface area contributed by atoms with Crippen LogP contribution in [0.5, 0.6) is 0 Å². The lowest BCUT2D eigenvalue weighted by atomic mass is 9.60. The van der Waals surface area contributed by atoms with Gasteiger partial charge >= 0.3 is 0 Å². The van der Waals surface area contributed by atoms with Crippen LogP contribution in [0.2, 0.25) is 0 Å². The molecule has 0 unspecified atom stereocenters. The molecule has 0 heterocycles. The lowest BCUT2D eigenvalue weighted by Gasteiger charge is -2.44. The van der Waals surface area contributed by atoms with E-state index >= 15 is 0 Å². The van der Waals surface area contributed by atoms with Gasteiger partial charge < -0.3 is 5.11 Å². The molecule has 0 saturated heterocycles. The minimum Gasteiger partial charge on any atom is -0.393 e. The number of hydrogen-bond donors (Lipinski definition) is 1. The molecule has 0 radical (unpaired) electrons. The normalized spacial score (nSPS) is 37.6. The van der Waals surface area contributed by atoms with Gasteiger partial charge in [0.1, 0.15) is 0 Å². The molecule has 1 heteroatoms. The molecule has 1 N–H and O–H groups in total. The molecule has 0 amide bonds. The molecule has 3 aliphatic rings. The number of rotatable bonds is 6. The predicted octanol–water partition coefficient (Wildman–Crippen LogP) is 7.62. The number of fused-ring (bicyclic) bond motifs is 1. The first-order valence-electron chi connectivity index (χ1n) is 12.1. The Kier molecular flexibility index (Phi) is 7.29. The van der Waals surface area contributed by atoms with E-state index < -0.39 is 0 Å². The topological polar surface area (TPSA) is 20.2 Å². The van der Waals surface area contributed by atoms with Gasteiger partial charge in [-0.3, -0.25) is 0 Å². The van der Waals surface area contributed by atoms with Crippen molar-refractivity contribution in [3.63, 3.8) is 0 Å². The van der Waals surface area contributed by atoms with Crippen LogP contribution in [0.15, 0.2) is 35.5 Å². The molecule has 0 spiro atoms. The highest BCUT2D eigenvalue weighted by molar-refractivity contribution is 5.36. The molecule has 3 fully saturated rings. The summed E-state index contributed by atoms with van der Waals surface area (Å²) in [5.74, 6) is 3.37. The molecule has 3 rings (SSSR count). The van der Waals surface area contributed by atoms with Crippen molar-refractivity contribution in [2.24, 2.45) is 29.1 Å². The van der Waals surface area contributed by atoms with Crippen LogP contribution in [0.1, 0.15) is 98.3 Å². The zero-order valence-electron chi connectivity index (χ0n) is 19.0. The summed E-state index contributed by atoms with van der Waals surface area (Å²) in [5.41, 5.74) is 4.72. The van der Waals surface area contributed by atoms with Gasteiger partial charge in [0.05, 0.1) is 6.10 Å². The fraction of sp³-hybridized carbons (Fsp3) is 0.778. The average molecular weight is 385 g/mol.